The maximum atomic E-state index is 11.0. The molecule has 4 N–H and O–H groups in total. The van der Waals surface area contributed by atoms with Gasteiger partial charge in [0.15, 0.2) is 5.82 Å². The van der Waals surface area contributed by atoms with Gasteiger partial charge in [-0.3, -0.25) is 4.79 Å². The SMILES string of the molecule is CCCc1c(N)ncnc1-n1cc(C(N)=O)cn1. The molecule has 0 bridgehead atoms. The third-order valence-corrected chi connectivity index (χ3v) is 2.54. The van der Waals surface area contributed by atoms with E-state index in [9.17, 15) is 4.79 Å². The number of carbonyl (C=O) groups excluding carboxylic acids is 1. The molecule has 2 aromatic heterocycles. The smallest absolute Gasteiger partial charge is 0.251 e. The summed E-state index contributed by atoms with van der Waals surface area (Å²) in [7, 11) is 0. The average molecular weight is 246 g/mol. The number of hydrogen-bond donors (Lipinski definition) is 2. The van der Waals surface area contributed by atoms with Crippen LogP contribution in [0, 0.1) is 0 Å². The molecule has 94 valence electrons. The number of primary amides is 1. The average Bonchev–Trinajstić information content (AvgIpc) is 2.81. The van der Waals surface area contributed by atoms with Crippen LogP contribution in [0.25, 0.3) is 5.82 Å². The highest BCUT2D eigenvalue weighted by atomic mass is 16.1. The zero-order chi connectivity index (χ0) is 13.1. The number of anilines is 1. The summed E-state index contributed by atoms with van der Waals surface area (Å²) in [5, 5.41) is 4.06. The van der Waals surface area contributed by atoms with Crippen LogP contribution in [0.5, 0.6) is 0 Å². The Morgan fingerprint density at radius 2 is 2.22 bits per heavy atom. The number of nitrogens with two attached hydrogens (primary N) is 2. The molecule has 0 radical (unpaired) electrons. The summed E-state index contributed by atoms with van der Waals surface area (Å²) in [6.07, 6.45) is 5.96. The number of nitrogen functional groups attached to an aromatic ring is 1. The fraction of sp³-hybridized carbons (Fsp3) is 0.273. The number of amides is 1. The van der Waals surface area contributed by atoms with E-state index >= 15 is 0 Å². The minimum absolute atomic E-state index is 0.328. The molecule has 0 aliphatic rings. The maximum absolute atomic E-state index is 11.0. The highest BCUT2D eigenvalue weighted by Crippen LogP contribution is 2.18. The van der Waals surface area contributed by atoms with E-state index < -0.39 is 5.91 Å². The van der Waals surface area contributed by atoms with Gasteiger partial charge in [-0.15, -0.1) is 0 Å². The topological polar surface area (TPSA) is 113 Å². The van der Waals surface area contributed by atoms with Crippen molar-refractivity contribution in [3.8, 4) is 5.82 Å². The molecule has 0 saturated carbocycles. The predicted molar refractivity (Wildman–Crippen MR) is 66.1 cm³/mol. The van der Waals surface area contributed by atoms with Crippen LogP contribution in [0.4, 0.5) is 5.82 Å². The highest BCUT2D eigenvalue weighted by Gasteiger charge is 2.12. The summed E-state index contributed by atoms with van der Waals surface area (Å²) in [4.78, 5) is 19.2. The van der Waals surface area contributed by atoms with Crippen LogP contribution in [0.3, 0.4) is 0 Å². The third-order valence-electron chi connectivity index (χ3n) is 2.54. The quantitative estimate of drug-likeness (QED) is 0.805. The summed E-state index contributed by atoms with van der Waals surface area (Å²) < 4.78 is 1.49. The normalized spacial score (nSPS) is 10.5. The van der Waals surface area contributed by atoms with Crippen LogP contribution in [-0.4, -0.2) is 25.7 Å². The molecule has 1 amide bonds. The molecule has 0 aliphatic heterocycles. The lowest BCUT2D eigenvalue weighted by Crippen LogP contribution is -2.10. The van der Waals surface area contributed by atoms with E-state index in [1.807, 2.05) is 6.92 Å². The summed E-state index contributed by atoms with van der Waals surface area (Å²) in [5.41, 5.74) is 12.2. The molecule has 2 rings (SSSR count). The second-order valence-corrected chi connectivity index (χ2v) is 3.85. The van der Waals surface area contributed by atoms with E-state index in [1.54, 1.807) is 0 Å². The monoisotopic (exact) mass is 246 g/mol. The summed E-state index contributed by atoms with van der Waals surface area (Å²) in [6.45, 7) is 2.04. The van der Waals surface area contributed by atoms with Gasteiger partial charge in [-0.1, -0.05) is 13.3 Å². The zero-order valence-electron chi connectivity index (χ0n) is 10.00. The van der Waals surface area contributed by atoms with Gasteiger partial charge in [0.1, 0.15) is 12.1 Å². The molecule has 0 fully saturated rings. The molecule has 0 atom stereocenters. The first kappa shape index (κ1) is 12.0. The van der Waals surface area contributed by atoms with E-state index in [4.69, 9.17) is 11.5 Å². The Morgan fingerprint density at radius 1 is 1.44 bits per heavy atom. The molecule has 0 spiro atoms. The fourth-order valence-corrected chi connectivity index (χ4v) is 1.67. The van der Waals surface area contributed by atoms with Gasteiger partial charge in [0.05, 0.1) is 11.8 Å². The van der Waals surface area contributed by atoms with E-state index in [2.05, 4.69) is 15.1 Å². The van der Waals surface area contributed by atoms with Crippen molar-refractivity contribution in [3.63, 3.8) is 0 Å². The molecular weight excluding hydrogens is 232 g/mol. The maximum Gasteiger partial charge on any atom is 0.251 e. The van der Waals surface area contributed by atoms with Gasteiger partial charge in [0.25, 0.3) is 5.91 Å². The molecule has 2 heterocycles. The minimum atomic E-state index is -0.527. The number of aromatic nitrogens is 4. The van der Waals surface area contributed by atoms with Crippen molar-refractivity contribution in [2.24, 2.45) is 5.73 Å². The molecule has 0 unspecified atom stereocenters. The van der Waals surface area contributed by atoms with Gasteiger partial charge in [0.2, 0.25) is 0 Å². The third kappa shape index (κ3) is 2.15. The molecule has 0 aliphatic carbocycles. The first-order valence-corrected chi connectivity index (χ1v) is 5.57. The number of rotatable bonds is 4. The van der Waals surface area contributed by atoms with Crippen molar-refractivity contribution in [3.05, 3.63) is 29.8 Å². The van der Waals surface area contributed by atoms with Crippen molar-refractivity contribution in [1.29, 1.82) is 0 Å². The standard InChI is InChI=1S/C11H14N6O/c1-2-3-8-9(12)14-6-15-11(8)17-5-7(4-16-17)10(13)18/h4-6H,2-3H2,1H3,(H2,13,18)(H2,12,14,15). The van der Waals surface area contributed by atoms with Crippen molar-refractivity contribution in [1.82, 2.24) is 19.7 Å². The van der Waals surface area contributed by atoms with Gasteiger partial charge in [0, 0.05) is 11.8 Å². The Labute approximate surface area is 104 Å². The van der Waals surface area contributed by atoms with Gasteiger partial charge < -0.3 is 11.5 Å². The van der Waals surface area contributed by atoms with E-state index in [0.717, 1.165) is 18.4 Å². The predicted octanol–water partition coefficient (Wildman–Crippen LogP) is 0.296. The van der Waals surface area contributed by atoms with Crippen molar-refractivity contribution in [2.75, 3.05) is 5.73 Å². The highest BCUT2D eigenvalue weighted by molar-refractivity contribution is 5.92. The number of carbonyl (C=O) groups is 1. The first-order valence-electron chi connectivity index (χ1n) is 5.57. The van der Waals surface area contributed by atoms with Gasteiger partial charge in [-0.2, -0.15) is 5.10 Å². The summed E-state index contributed by atoms with van der Waals surface area (Å²) in [6, 6.07) is 0. The Balaban J connectivity index is 2.49. The van der Waals surface area contributed by atoms with Crippen LogP contribution >= 0.6 is 0 Å². The molecule has 2 aromatic rings. The minimum Gasteiger partial charge on any atom is -0.383 e. The first-order chi connectivity index (χ1) is 8.63. The van der Waals surface area contributed by atoms with Crippen LogP contribution in [0.15, 0.2) is 18.7 Å². The Morgan fingerprint density at radius 3 is 2.83 bits per heavy atom. The van der Waals surface area contributed by atoms with Crippen LogP contribution in [0.2, 0.25) is 0 Å². The number of nitrogens with zero attached hydrogens (tertiary/aromatic N) is 4. The zero-order valence-corrected chi connectivity index (χ0v) is 10.00. The van der Waals surface area contributed by atoms with Crippen molar-refractivity contribution >= 4 is 11.7 Å². The fourth-order valence-electron chi connectivity index (χ4n) is 1.67. The molecular formula is C11H14N6O. The van der Waals surface area contributed by atoms with Crippen molar-refractivity contribution < 1.29 is 4.79 Å². The van der Waals surface area contributed by atoms with Crippen LogP contribution in [-0.2, 0) is 6.42 Å². The van der Waals surface area contributed by atoms with E-state index in [1.165, 1.54) is 23.4 Å². The lowest BCUT2D eigenvalue weighted by atomic mass is 10.1. The van der Waals surface area contributed by atoms with Crippen molar-refractivity contribution in [2.45, 2.75) is 19.8 Å². The largest absolute Gasteiger partial charge is 0.383 e. The van der Waals surface area contributed by atoms with Gasteiger partial charge >= 0.3 is 0 Å². The van der Waals surface area contributed by atoms with Gasteiger partial charge in [-0.25, -0.2) is 14.6 Å². The summed E-state index contributed by atoms with van der Waals surface area (Å²) >= 11 is 0. The molecule has 0 aromatic carbocycles. The summed E-state index contributed by atoms with van der Waals surface area (Å²) in [5.74, 6) is 0.482. The Kier molecular flexibility index (Phi) is 3.22. The Bertz CT molecular complexity index is 577. The van der Waals surface area contributed by atoms with Gasteiger partial charge in [-0.05, 0) is 6.42 Å². The van der Waals surface area contributed by atoms with E-state index in [0.29, 0.717) is 17.2 Å². The Hall–Kier alpha value is -2.44. The van der Waals surface area contributed by atoms with Crippen LogP contribution in [0.1, 0.15) is 29.3 Å². The molecule has 7 nitrogen and oxygen atoms in total. The molecule has 7 heteroatoms. The number of hydrogen-bond acceptors (Lipinski definition) is 5. The lowest BCUT2D eigenvalue weighted by Gasteiger charge is -2.08. The second kappa shape index (κ2) is 4.82. The molecule has 0 saturated heterocycles. The van der Waals surface area contributed by atoms with Crippen LogP contribution < -0.4 is 11.5 Å². The molecule has 18 heavy (non-hydrogen) atoms. The lowest BCUT2D eigenvalue weighted by molar-refractivity contribution is 0.100. The van der Waals surface area contributed by atoms with E-state index in [-0.39, 0.29) is 0 Å². The second-order valence-electron chi connectivity index (χ2n) is 3.85.